The SMILES string of the molecule is CC(Sc1ncnc2ccccc12)C(=O)Nc1cc(Cl)cc(Cl)c1. The lowest BCUT2D eigenvalue weighted by atomic mass is 10.2. The van der Waals surface area contributed by atoms with Crippen LogP contribution in [-0.4, -0.2) is 21.1 Å². The van der Waals surface area contributed by atoms with Crippen molar-refractivity contribution in [3.63, 3.8) is 0 Å². The number of hydrogen-bond acceptors (Lipinski definition) is 4. The lowest BCUT2D eigenvalue weighted by Crippen LogP contribution is -2.22. The number of thioether (sulfide) groups is 1. The van der Waals surface area contributed by atoms with Gasteiger partial charge in [-0.2, -0.15) is 0 Å². The molecule has 0 fully saturated rings. The monoisotopic (exact) mass is 377 g/mol. The minimum absolute atomic E-state index is 0.152. The van der Waals surface area contributed by atoms with Crippen molar-refractivity contribution in [2.75, 3.05) is 5.32 Å². The summed E-state index contributed by atoms with van der Waals surface area (Å²) in [6, 6.07) is 12.6. The summed E-state index contributed by atoms with van der Waals surface area (Å²) < 4.78 is 0. The first-order chi connectivity index (χ1) is 11.5. The van der Waals surface area contributed by atoms with Gasteiger partial charge in [0, 0.05) is 21.1 Å². The van der Waals surface area contributed by atoms with Gasteiger partial charge in [0.1, 0.15) is 11.4 Å². The first-order valence-corrected chi connectivity index (χ1v) is 8.80. The molecule has 3 aromatic rings. The lowest BCUT2D eigenvalue weighted by molar-refractivity contribution is -0.115. The van der Waals surface area contributed by atoms with Crippen LogP contribution in [0, 0.1) is 0 Å². The molecular weight excluding hydrogens is 365 g/mol. The van der Waals surface area contributed by atoms with E-state index in [4.69, 9.17) is 23.2 Å². The lowest BCUT2D eigenvalue weighted by Gasteiger charge is -2.13. The van der Waals surface area contributed by atoms with Crippen molar-refractivity contribution >= 4 is 57.5 Å². The van der Waals surface area contributed by atoms with E-state index >= 15 is 0 Å². The van der Waals surface area contributed by atoms with Crippen molar-refractivity contribution in [3.05, 3.63) is 58.8 Å². The molecule has 2 aromatic carbocycles. The van der Waals surface area contributed by atoms with Gasteiger partial charge < -0.3 is 5.32 Å². The summed E-state index contributed by atoms with van der Waals surface area (Å²) in [6.45, 7) is 1.82. The van der Waals surface area contributed by atoms with Crippen LogP contribution in [0.25, 0.3) is 10.9 Å². The molecule has 122 valence electrons. The third kappa shape index (κ3) is 3.98. The van der Waals surface area contributed by atoms with Crippen LogP contribution in [0.4, 0.5) is 5.69 Å². The van der Waals surface area contributed by atoms with E-state index in [1.54, 1.807) is 18.2 Å². The van der Waals surface area contributed by atoms with Gasteiger partial charge in [-0.15, -0.1) is 0 Å². The molecule has 4 nitrogen and oxygen atoms in total. The highest BCUT2D eigenvalue weighted by Crippen LogP contribution is 2.29. The molecule has 24 heavy (non-hydrogen) atoms. The molecule has 1 aromatic heterocycles. The number of anilines is 1. The Balaban J connectivity index is 1.76. The van der Waals surface area contributed by atoms with Crippen molar-refractivity contribution in [3.8, 4) is 0 Å². The van der Waals surface area contributed by atoms with Crippen LogP contribution < -0.4 is 5.32 Å². The molecule has 1 unspecified atom stereocenters. The zero-order valence-corrected chi connectivity index (χ0v) is 15.0. The Morgan fingerprint density at radius 1 is 1.12 bits per heavy atom. The van der Waals surface area contributed by atoms with Gasteiger partial charge in [-0.05, 0) is 31.2 Å². The first kappa shape index (κ1) is 17.0. The highest BCUT2D eigenvalue weighted by molar-refractivity contribution is 8.00. The summed E-state index contributed by atoms with van der Waals surface area (Å²) in [5.41, 5.74) is 1.42. The normalized spacial score (nSPS) is 12.1. The number of aromatic nitrogens is 2. The number of para-hydroxylation sites is 1. The number of rotatable bonds is 4. The molecule has 1 amide bonds. The second kappa shape index (κ2) is 7.38. The zero-order chi connectivity index (χ0) is 17.1. The summed E-state index contributed by atoms with van der Waals surface area (Å²) in [5, 5.41) is 5.11. The maximum absolute atomic E-state index is 12.4. The van der Waals surface area contributed by atoms with Crippen LogP contribution in [0.2, 0.25) is 10.0 Å². The zero-order valence-electron chi connectivity index (χ0n) is 12.7. The Bertz CT molecular complexity index is 878. The highest BCUT2D eigenvalue weighted by Gasteiger charge is 2.17. The summed E-state index contributed by atoms with van der Waals surface area (Å²) in [7, 11) is 0. The quantitative estimate of drug-likeness (QED) is 0.510. The summed E-state index contributed by atoms with van der Waals surface area (Å²) in [4.78, 5) is 20.9. The van der Waals surface area contributed by atoms with Gasteiger partial charge in [-0.25, -0.2) is 9.97 Å². The van der Waals surface area contributed by atoms with E-state index in [1.807, 2.05) is 31.2 Å². The second-order valence-electron chi connectivity index (χ2n) is 5.10. The van der Waals surface area contributed by atoms with Gasteiger partial charge in [0.2, 0.25) is 5.91 Å². The minimum atomic E-state index is -0.346. The van der Waals surface area contributed by atoms with Gasteiger partial charge in [-0.3, -0.25) is 4.79 Å². The van der Waals surface area contributed by atoms with Gasteiger partial charge in [-0.1, -0.05) is 53.2 Å². The minimum Gasteiger partial charge on any atom is -0.325 e. The molecule has 0 radical (unpaired) electrons. The highest BCUT2D eigenvalue weighted by atomic mass is 35.5. The van der Waals surface area contributed by atoms with Crippen LogP contribution >= 0.6 is 35.0 Å². The van der Waals surface area contributed by atoms with Crippen molar-refractivity contribution < 1.29 is 4.79 Å². The fraction of sp³-hybridized carbons (Fsp3) is 0.118. The number of carbonyl (C=O) groups is 1. The van der Waals surface area contributed by atoms with E-state index in [1.165, 1.54) is 18.1 Å². The Morgan fingerprint density at radius 3 is 2.58 bits per heavy atom. The van der Waals surface area contributed by atoms with Crippen LogP contribution in [0.5, 0.6) is 0 Å². The predicted octanol–water partition coefficient (Wildman–Crippen LogP) is 5.06. The molecule has 1 N–H and O–H groups in total. The van der Waals surface area contributed by atoms with Crippen LogP contribution in [0.1, 0.15) is 6.92 Å². The van der Waals surface area contributed by atoms with Crippen molar-refractivity contribution in [2.24, 2.45) is 0 Å². The number of carbonyl (C=O) groups excluding carboxylic acids is 1. The number of nitrogens with zero attached hydrogens (tertiary/aromatic N) is 2. The number of halogens is 2. The molecule has 1 heterocycles. The maximum atomic E-state index is 12.4. The largest absolute Gasteiger partial charge is 0.325 e. The van der Waals surface area contributed by atoms with Crippen molar-refractivity contribution in [1.29, 1.82) is 0 Å². The molecule has 0 aliphatic rings. The summed E-state index contributed by atoms with van der Waals surface area (Å²) in [5.74, 6) is -0.152. The molecule has 0 saturated heterocycles. The fourth-order valence-electron chi connectivity index (χ4n) is 2.16. The van der Waals surface area contributed by atoms with E-state index in [-0.39, 0.29) is 11.2 Å². The van der Waals surface area contributed by atoms with Gasteiger partial charge in [0.05, 0.1) is 10.8 Å². The van der Waals surface area contributed by atoms with Crippen LogP contribution in [0.3, 0.4) is 0 Å². The van der Waals surface area contributed by atoms with Crippen LogP contribution in [-0.2, 0) is 4.79 Å². The Morgan fingerprint density at radius 2 is 1.83 bits per heavy atom. The first-order valence-electron chi connectivity index (χ1n) is 7.16. The molecule has 0 aliphatic carbocycles. The summed E-state index contributed by atoms with van der Waals surface area (Å²) in [6.07, 6.45) is 1.51. The van der Waals surface area contributed by atoms with E-state index in [2.05, 4.69) is 15.3 Å². The topological polar surface area (TPSA) is 54.9 Å². The Kier molecular flexibility index (Phi) is 5.23. The number of nitrogens with one attached hydrogen (secondary N) is 1. The van der Waals surface area contributed by atoms with Crippen molar-refractivity contribution in [2.45, 2.75) is 17.2 Å². The molecule has 0 bridgehead atoms. The molecular formula is C17H13Cl2N3OS. The number of amides is 1. The Hall–Kier alpha value is -1.82. The second-order valence-corrected chi connectivity index (χ2v) is 7.31. The smallest absolute Gasteiger partial charge is 0.237 e. The average Bonchev–Trinajstić information content (AvgIpc) is 2.54. The van der Waals surface area contributed by atoms with E-state index in [9.17, 15) is 4.79 Å². The molecule has 0 saturated carbocycles. The van der Waals surface area contributed by atoms with Gasteiger partial charge >= 0.3 is 0 Å². The predicted molar refractivity (Wildman–Crippen MR) is 99.9 cm³/mol. The van der Waals surface area contributed by atoms with Gasteiger partial charge in [0.15, 0.2) is 0 Å². The Labute approximate surface area is 153 Å². The molecule has 1 atom stereocenters. The number of benzene rings is 2. The fourth-order valence-corrected chi connectivity index (χ4v) is 3.60. The average molecular weight is 378 g/mol. The standard InChI is InChI=1S/C17H13Cl2N3OS/c1-10(16(23)22-13-7-11(18)6-12(19)8-13)24-17-14-4-2-3-5-15(14)20-9-21-17/h2-10H,1H3,(H,22,23). The van der Waals surface area contributed by atoms with E-state index in [0.717, 1.165) is 15.9 Å². The maximum Gasteiger partial charge on any atom is 0.237 e. The molecule has 0 spiro atoms. The number of fused-ring (bicyclic) bond motifs is 1. The third-order valence-electron chi connectivity index (χ3n) is 3.29. The third-order valence-corrected chi connectivity index (χ3v) is 4.85. The molecule has 7 heteroatoms. The summed E-state index contributed by atoms with van der Waals surface area (Å²) >= 11 is 13.3. The van der Waals surface area contributed by atoms with Gasteiger partial charge in [0.25, 0.3) is 0 Å². The van der Waals surface area contributed by atoms with E-state index in [0.29, 0.717) is 15.7 Å². The van der Waals surface area contributed by atoms with E-state index < -0.39 is 0 Å². The number of hydrogen-bond donors (Lipinski definition) is 1. The molecule has 3 rings (SSSR count). The van der Waals surface area contributed by atoms with Crippen LogP contribution in [0.15, 0.2) is 53.8 Å². The molecule has 0 aliphatic heterocycles. The van der Waals surface area contributed by atoms with Crippen molar-refractivity contribution in [1.82, 2.24) is 9.97 Å².